The fraction of sp³-hybridized carbons (Fsp3) is 0.833. The molecule has 0 spiro atoms. The van der Waals surface area contributed by atoms with Gasteiger partial charge in [0, 0.05) is 13.1 Å². The number of nitrogens with one attached hydrogen (secondary N) is 1. The lowest BCUT2D eigenvalue weighted by Crippen LogP contribution is -2.50. The maximum Gasteiger partial charge on any atom is 0.244 e. The molecule has 5 heteroatoms. The highest BCUT2D eigenvalue weighted by Crippen LogP contribution is 2.09. The molecule has 1 saturated heterocycles. The van der Waals surface area contributed by atoms with Gasteiger partial charge in [-0.05, 0) is 26.2 Å². The third-order valence-electron chi connectivity index (χ3n) is 3.08. The summed E-state index contributed by atoms with van der Waals surface area (Å²) in [4.78, 5) is 25.4. The summed E-state index contributed by atoms with van der Waals surface area (Å²) in [6.07, 6.45) is 3.63. The Kier molecular flexibility index (Phi) is 5.41. The first-order valence-electron chi connectivity index (χ1n) is 6.41. The van der Waals surface area contributed by atoms with Gasteiger partial charge >= 0.3 is 0 Å². The van der Waals surface area contributed by atoms with Crippen LogP contribution in [0.5, 0.6) is 0 Å². The molecule has 2 amide bonds. The topological polar surface area (TPSA) is 75.4 Å². The van der Waals surface area contributed by atoms with Crippen LogP contribution in [0.4, 0.5) is 0 Å². The van der Waals surface area contributed by atoms with Crippen molar-refractivity contribution in [1.29, 1.82) is 0 Å². The van der Waals surface area contributed by atoms with E-state index in [2.05, 4.69) is 5.32 Å². The second kappa shape index (κ2) is 6.59. The second-order valence-corrected chi connectivity index (χ2v) is 4.66. The SMILES string of the molecule is CCC[C@H](N)C(=O)NC(C)C(=O)N1CCCC1. The first kappa shape index (κ1) is 14.0. The first-order valence-corrected chi connectivity index (χ1v) is 6.41. The van der Waals surface area contributed by atoms with Crippen molar-refractivity contribution in [3.8, 4) is 0 Å². The van der Waals surface area contributed by atoms with Crippen LogP contribution in [0.1, 0.15) is 39.5 Å². The van der Waals surface area contributed by atoms with E-state index in [1.165, 1.54) is 0 Å². The Bertz CT molecular complexity index is 275. The summed E-state index contributed by atoms with van der Waals surface area (Å²) in [7, 11) is 0. The minimum Gasteiger partial charge on any atom is -0.343 e. The molecule has 1 unspecified atom stereocenters. The smallest absolute Gasteiger partial charge is 0.244 e. The number of hydrogen-bond donors (Lipinski definition) is 2. The minimum atomic E-state index is -0.506. The van der Waals surface area contributed by atoms with Crippen LogP contribution in [-0.2, 0) is 9.59 Å². The van der Waals surface area contributed by atoms with Crippen LogP contribution >= 0.6 is 0 Å². The largest absolute Gasteiger partial charge is 0.343 e. The normalized spacial score (nSPS) is 18.9. The van der Waals surface area contributed by atoms with Crippen molar-refractivity contribution in [3.05, 3.63) is 0 Å². The molecule has 17 heavy (non-hydrogen) atoms. The van der Waals surface area contributed by atoms with E-state index in [-0.39, 0.29) is 11.8 Å². The van der Waals surface area contributed by atoms with E-state index in [0.717, 1.165) is 32.4 Å². The summed E-state index contributed by atoms with van der Waals surface area (Å²) in [5.74, 6) is -0.230. The molecule has 0 aromatic carbocycles. The Labute approximate surface area is 103 Å². The van der Waals surface area contributed by atoms with E-state index in [0.29, 0.717) is 6.42 Å². The molecule has 1 fully saturated rings. The van der Waals surface area contributed by atoms with Gasteiger partial charge in [-0.15, -0.1) is 0 Å². The highest BCUT2D eigenvalue weighted by molar-refractivity contribution is 5.89. The van der Waals surface area contributed by atoms with Gasteiger partial charge in [-0.25, -0.2) is 0 Å². The molecule has 0 saturated carbocycles. The summed E-state index contributed by atoms with van der Waals surface area (Å²) in [6, 6.07) is -0.975. The van der Waals surface area contributed by atoms with Gasteiger partial charge < -0.3 is 16.0 Å². The highest BCUT2D eigenvalue weighted by Gasteiger charge is 2.25. The maximum atomic E-state index is 11.9. The van der Waals surface area contributed by atoms with E-state index in [1.807, 2.05) is 6.92 Å². The predicted molar refractivity (Wildman–Crippen MR) is 66.3 cm³/mol. The molecule has 0 aromatic heterocycles. The van der Waals surface area contributed by atoms with Crippen molar-refractivity contribution in [2.45, 2.75) is 51.6 Å². The second-order valence-electron chi connectivity index (χ2n) is 4.66. The molecule has 0 aromatic rings. The fourth-order valence-electron chi connectivity index (χ4n) is 2.04. The monoisotopic (exact) mass is 241 g/mol. The quantitative estimate of drug-likeness (QED) is 0.724. The summed E-state index contributed by atoms with van der Waals surface area (Å²) < 4.78 is 0. The van der Waals surface area contributed by atoms with Crippen LogP contribution < -0.4 is 11.1 Å². The molecule has 1 rings (SSSR count). The lowest BCUT2D eigenvalue weighted by Gasteiger charge is -2.22. The maximum absolute atomic E-state index is 11.9. The zero-order valence-electron chi connectivity index (χ0n) is 10.7. The Morgan fingerprint density at radius 1 is 1.35 bits per heavy atom. The lowest BCUT2D eigenvalue weighted by molar-refractivity contribution is -0.135. The molecule has 0 radical (unpaired) electrons. The van der Waals surface area contributed by atoms with Crippen LogP contribution in [0.15, 0.2) is 0 Å². The Morgan fingerprint density at radius 3 is 2.47 bits per heavy atom. The van der Waals surface area contributed by atoms with Crippen LogP contribution in [0.25, 0.3) is 0 Å². The summed E-state index contributed by atoms with van der Waals surface area (Å²) in [6.45, 7) is 5.31. The average Bonchev–Trinajstić information content (AvgIpc) is 2.81. The first-order chi connectivity index (χ1) is 8.06. The number of nitrogens with two attached hydrogens (primary N) is 1. The molecule has 98 valence electrons. The van der Waals surface area contributed by atoms with Crippen molar-refractivity contribution < 1.29 is 9.59 Å². The van der Waals surface area contributed by atoms with Gasteiger partial charge in [0.15, 0.2) is 0 Å². The van der Waals surface area contributed by atoms with Crippen molar-refractivity contribution in [3.63, 3.8) is 0 Å². The van der Waals surface area contributed by atoms with E-state index in [1.54, 1.807) is 11.8 Å². The van der Waals surface area contributed by atoms with Crippen LogP contribution in [0.2, 0.25) is 0 Å². The Morgan fingerprint density at radius 2 is 1.94 bits per heavy atom. The van der Waals surface area contributed by atoms with Gasteiger partial charge in [0.05, 0.1) is 6.04 Å². The average molecular weight is 241 g/mol. The molecule has 3 N–H and O–H groups in total. The van der Waals surface area contributed by atoms with E-state index < -0.39 is 12.1 Å². The fourth-order valence-corrected chi connectivity index (χ4v) is 2.04. The molecule has 5 nitrogen and oxygen atoms in total. The Balaban J connectivity index is 2.39. The van der Waals surface area contributed by atoms with E-state index in [4.69, 9.17) is 5.73 Å². The predicted octanol–water partition coefficient (Wildman–Crippen LogP) is 0.241. The molecular weight excluding hydrogens is 218 g/mol. The summed E-state index contributed by atoms with van der Waals surface area (Å²) in [5, 5.41) is 2.69. The number of amides is 2. The van der Waals surface area contributed by atoms with Gasteiger partial charge in [0.2, 0.25) is 11.8 Å². The van der Waals surface area contributed by atoms with Gasteiger partial charge in [-0.1, -0.05) is 13.3 Å². The molecule has 1 aliphatic rings. The lowest BCUT2D eigenvalue weighted by atomic mass is 10.1. The van der Waals surface area contributed by atoms with E-state index >= 15 is 0 Å². The van der Waals surface area contributed by atoms with Crippen molar-refractivity contribution >= 4 is 11.8 Å². The molecule has 1 heterocycles. The zero-order chi connectivity index (χ0) is 12.8. The van der Waals surface area contributed by atoms with Crippen LogP contribution in [-0.4, -0.2) is 41.9 Å². The van der Waals surface area contributed by atoms with Crippen molar-refractivity contribution in [2.75, 3.05) is 13.1 Å². The number of nitrogens with zero attached hydrogens (tertiary/aromatic N) is 1. The van der Waals surface area contributed by atoms with Crippen molar-refractivity contribution in [1.82, 2.24) is 10.2 Å². The number of hydrogen-bond acceptors (Lipinski definition) is 3. The van der Waals surface area contributed by atoms with E-state index in [9.17, 15) is 9.59 Å². The molecule has 0 aliphatic carbocycles. The molecule has 1 aliphatic heterocycles. The molecule has 2 atom stereocenters. The van der Waals surface area contributed by atoms with Crippen LogP contribution in [0.3, 0.4) is 0 Å². The number of likely N-dealkylation sites (tertiary alicyclic amines) is 1. The van der Waals surface area contributed by atoms with Gasteiger partial charge in [-0.2, -0.15) is 0 Å². The summed E-state index contributed by atoms with van der Waals surface area (Å²) in [5.41, 5.74) is 5.69. The zero-order valence-corrected chi connectivity index (χ0v) is 10.7. The van der Waals surface area contributed by atoms with Crippen LogP contribution in [0, 0.1) is 0 Å². The number of carbonyl (C=O) groups is 2. The van der Waals surface area contributed by atoms with Crippen molar-refractivity contribution in [2.24, 2.45) is 5.73 Å². The third-order valence-corrected chi connectivity index (χ3v) is 3.08. The minimum absolute atomic E-state index is 0.000418. The number of carbonyl (C=O) groups excluding carboxylic acids is 2. The summed E-state index contributed by atoms with van der Waals surface area (Å²) >= 11 is 0. The molecular formula is C12H23N3O2. The molecule has 0 bridgehead atoms. The standard InChI is InChI=1S/C12H23N3O2/c1-3-6-10(13)11(16)14-9(2)12(17)15-7-4-5-8-15/h9-10H,3-8,13H2,1-2H3,(H,14,16)/t9?,10-/m0/s1. The van der Waals surface area contributed by atoms with Gasteiger partial charge in [0.1, 0.15) is 6.04 Å². The van der Waals surface area contributed by atoms with Gasteiger partial charge in [-0.3, -0.25) is 9.59 Å². The third kappa shape index (κ3) is 4.00. The highest BCUT2D eigenvalue weighted by atomic mass is 16.2. The van der Waals surface area contributed by atoms with Gasteiger partial charge in [0.25, 0.3) is 0 Å². The number of rotatable bonds is 5. The Hall–Kier alpha value is -1.10.